The van der Waals surface area contributed by atoms with E-state index in [1.165, 1.54) is 18.4 Å². The van der Waals surface area contributed by atoms with Crippen molar-refractivity contribution in [2.24, 2.45) is 0 Å². The number of halogens is 2. The average molecular weight is 336 g/mol. The van der Waals surface area contributed by atoms with Gasteiger partial charge in [-0.1, -0.05) is 0 Å². The molecule has 0 radical (unpaired) electrons. The Kier molecular flexibility index (Phi) is 3.96. The van der Waals surface area contributed by atoms with Gasteiger partial charge < -0.3 is 5.32 Å². The van der Waals surface area contributed by atoms with Gasteiger partial charge in [0.15, 0.2) is 9.84 Å². The van der Waals surface area contributed by atoms with E-state index in [2.05, 4.69) is 21.2 Å². The Morgan fingerprint density at radius 3 is 2.72 bits per heavy atom. The van der Waals surface area contributed by atoms with Gasteiger partial charge in [-0.15, -0.1) is 0 Å². The van der Waals surface area contributed by atoms with Gasteiger partial charge in [0.05, 0.1) is 5.25 Å². The minimum atomic E-state index is -3.04. The van der Waals surface area contributed by atoms with Gasteiger partial charge in [-0.3, -0.25) is 0 Å². The Morgan fingerprint density at radius 2 is 2.11 bits per heavy atom. The average Bonchev–Trinajstić information content (AvgIpc) is 2.70. The monoisotopic (exact) mass is 335 g/mol. The second-order valence-corrected chi connectivity index (χ2v) is 7.79. The van der Waals surface area contributed by atoms with Crippen molar-refractivity contribution in [3.05, 3.63) is 28.5 Å². The zero-order valence-electron chi connectivity index (χ0n) is 9.99. The summed E-state index contributed by atoms with van der Waals surface area (Å²) in [6.45, 7) is 0. The third-order valence-electron chi connectivity index (χ3n) is 3.27. The first-order valence-corrected chi connectivity index (χ1v) is 8.53. The Bertz CT molecular complexity index is 547. The highest BCUT2D eigenvalue weighted by Gasteiger charge is 2.34. The van der Waals surface area contributed by atoms with Gasteiger partial charge in [-0.2, -0.15) is 0 Å². The smallest absolute Gasteiger partial charge is 0.152 e. The maximum Gasteiger partial charge on any atom is 0.152 e. The van der Waals surface area contributed by atoms with Gasteiger partial charge in [0.25, 0.3) is 0 Å². The van der Waals surface area contributed by atoms with Crippen molar-refractivity contribution in [3.8, 4) is 0 Å². The lowest BCUT2D eigenvalue weighted by Gasteiger charge is -2.21. The van der Waals surface area contributed by atoms with E-state index >= 15 is 0 Å². The quantitative estimate of drug-likeness (QED) is 0.923. The van der Waals surface area contributed by atoms with Crippen LogP contribution in [0.2, 0.25) is 0 Å². The molecule has 1 aliphatic rings. The molecule has 1 aromatic carbocycles. The fraction of sp³-hybridized carbons (Fsp3) is 0.500. The highest BCUT2D eigenvalue weighted by Crippen LogP contribution is 2.31. The highest BCUT2D eigenvalue weighted by molar-refractivity contribution is 9.10. The van der Waals surface area contributed by atoms with Crippen molar-refractivity contribution in [2.45, 2.75) is 30.6 Å². The van der Waals surface area contributed by atoms with E-state index in [9.17, 15) is 12.8 Å². The molecule has 0 bridgehead atoms. The van der Waals surface area contributed by atoms with Crippen molar-refractivity contribution < 1.29 is 12.8 Å². The summed E-state index contributed by atoms with van der Waals surface area (Å²) in [5, 5.41) is 2.85. The summed E-state index contributed by atoms with van der Waals surface area (Å²) >= 11 is 3.27. The third kappa shape index (κ3) is 3.03. The van der Waals surface area contributed by atoms with E-state index in [0.29, 0.717) is 10.9 Å². The maximum atomic E-state index is 13.0. The molecule has 2 unspecified atom stereocenters. The summed E-state index contributed by atoms with van der Waals surface area (Å²) in [6.07, 6.45) is 3.68. The molecule has 6 heteroatoms. The minimum absolute atomic E-state index is 0.0956. The van der Waals surface area contributed by atoms with Gasteiger partial charge in [0.1, 0.15) is 5.82 Å². The first kappa shape index (κ1) is 13.8. The van der Waals surface area contributed by atoms with Crippen molar-refractivity contribution in [1.82, 2.24) is 0 Å². The van der Waals surface area contributed by atoms with Crippen molar-refractivity contribution >= 4 is 31.5 Å². The first-order valence-electron chi connectivity index (χ1n) is 5.78. The normalized spacial score (nSPS) is 24.2. The predicted octanol–water partition coefficient (Wildman–Crippen LogP) is 2.97. The maximum absolute atomic E-state index is 13.0. The number of nitrogens with one attached hydrogen (secondary N) is 1. The summed E-state index contributed by atoms with van der Waals surface area (Å²) in [7, 11) is -3.04. The van der Waals surface area contributed by atoms with Gasteiger partial charge in [0, 0.05) is 22.5 Å². The van der Waals surface area contributed by atoms with Crippen molar-refractivity contribution in [2.75, 3.05) is 11.6 Å². The van der Waals surface area contributed by atoms with Gasteiger partial charge in [-0.05, 0) is 53.4 Å². The third-order valence-corrected chi connectivity index (χ3v) is 5.59. The molecule has 1 aliphatic carbocycles. The number of hydrogen-bond acceptors (Lipinski definition) is 3. The first-order chi connectivity index (χ1) is 8.38. The molecule has 0 amide bonds. The lowest BCUT2D eigenvalue weighted by Crippen LogP contribution is -2.34. The van der Waals surface area contributed by atoms with E-state index in [-0.39, 0.29) is 17.1 Å². The lowest BCUT2D eigenvalue weighted by molar-refractivity contribution is 0.579. The number of hydrogen-bond donors (Lipinski definition) is 1. The molecule has 1 N–H and O–H groups in total. The molecule has 100 valence electrons. The van der Waals surface area contributed by atoms with Crippen LogP contribution in [0.1, 0.15) is 19.3 Å². The van der Waals surface area contributed by atoms with E-state index < -0.39 is 9.84 Å². The number of benzene rings is 1. The van der Waals surface area contributed by atoms with Crippen LogP contribution in [0.15, 0.2) is 22.7 Å². The Labute approximate surface area is 115 Å². The molecule has 1 aromatic rings. The van der Waals surface area contributed by atoms with Gasteiger partial charge >= 0.3 is 0 Å². The van der Waals surface area contributed by atoms with Gasteiger partial charge in [0.2, 0.25) is 0 Å². The van der Waals surface area contributed by atoms with Crippen LogP contribution >= 0.6 is 15.9 Å². The second kappa shape index (κ2) is 5.17. The fourth-order valence-electron chi connectivity index (χ4n) is 2.41. The zero-order valence-corrected chi connectivity index (χ0v) is 12.4. The molecule has 0 aliphatic heterocycles. The Hall–Kier alpha value is -0.620. The van der Waals surface area contributed by atoms with Crippen LogP contribution in [0.3, 0.4) is 0 Å². The Balaban J connectivity index is 2.18. The molecule has 3 nitrogen and oxygen atoms in total. The van der Waals surface area contributed by atoms with Crippen LogP contribution in [0.4, 0.5) is 10.1 Å². The summed E-state index contributed by atoms with van der Waals surface area (Å²) in [6, 6.07) is 4.25. The van der Waals surface area contributed by atoms with Crippen LogP contribution in [-0.4, -0.2) is 26.0 Å². The standard InChI is InChI=1S/C12H15BrFNO2S/c1-18(16,17)12-4-2-3-11(12)15-10-6-5-8(14)7-9(10)13/h5-7,11-12,15H,2-4H2,1H3. The number of sulfone groups is 1. The second-order valence-electron chi connectivity index (χ2n) is 4.67. The number of anilines is 1. The topological polar surface area (TPSA) is 46.2 Å². The van der Waals surface area contributed by atoms with Crippen molar-refractivity contribution in [3.63, 3.8) is 0 Å². The molecule has 1 saturated carbocycles. The molecule has 18 heavy (non-hydrogen) atoms. The van der Waals surface area contributed by atoms with Gasteiger partial charge in [-0.25, -0.2) is 12.8 Å². The fourth-order valence-corrected chi connectivity index (χ4v) is 4.27. The van der Waals surface area contributed by atoms with E-state index in [0.717, 1.165) is 18.5 Å². The largest absolute Gasteiger partial charge is 0.380 e. The molecule has 1 fully saturated rings. The van der Waals surface area contributed by atoms with Crippen molar-refractivity contribution in [1.29, 1.82) is 0 Å². The highest BCUT2D eigenvalue weighted by atomic mass is 79.9. The minimum Gasteiger partial charge on any atom is -0.380 e. The summed E-state index contributed by atoms with van der Waals surface area (Å²) in [4.78, 5) is 0. The lowest BCUT2D eigenvalue weighted by atomic mass is 10.2. The molecule has 2 atom stereocenters. The SMILES string of the molecule is CS(=O)(=O)C1CCCC1Nc1ccc(F)cc1Br. The molecule has 0 spiro atoms. The van der Waals surface area contributed by atoms with Crippen LogP contribution in [0.5, 0.6) is 0 Å². The summed E-state index contributed by atoms with van der Waals surface area (Å²) in [5.41, 5.74) is 0.733. The summed E-state index contributed by atoms with van der Waals surface area (Å²) < 4.78 is 36.9. The van der Waals surface area contributed by atoms with Crippen LogP contribution in [0.25, 0.3) is 0 Å². The van der Waals surface area contributed by atoms with Crippen LogP contribution in [0, 0.1) is 5.82 Å². The molecule has 0 heterocycles. The summed E-state index contributed by atoms with van der Waals surface area (Å²) in [5.74, 6) is -0.321. The predicted molar refractivity (Wildman–Crippen MR) is 74.0 cm³/mol. The van der Waals surface area contributed by atoms with E-state index in [1.54, 1.807) is 6.07 Å². The van der Waals surface area contributed by atoms with E-state index in [4.69, 9.17) is 0 Å². The number of rotatable bonds is 3. The van der Waals surface area contributed by atoms with Crippen LogP contribution < -0.4 is 5.32 Å². The van der Waals surface area contributed by atoms with Crippen LogP contribution in [-0.2, 0) is 9.84 Å². The Morgan fingerprint density at radius 1 is 1.39 bits per heavy atom. The molecular formula is C12H15BrFNO2S. The molecular weight excluding hydrogens is 321 g/mol. The van der Waals surface area contributed by atoms with E-state index in [1.807, 2.05) is 0 Å². The zero-order chi connectivity index (χ0) is 13.3. The molecule has 2 rings (SSSR count). The molecule has 0 saturated heterocycles. The molecule has 0 aromatic heterocycles.